The Hall–Kier alpha value is -2.49. The van der Waals surface area contributed by atoms with Gasteiger partial charge in [0.1, 0.15) is 50.0 Å². The highest BCUT2D eigenvalue weighted by Crippen LogP contribution is 2.33. The summed E-state index contributed by atoms with van der Waals surface area (Å²) in [7, 11) is 1.47. The Kier molecular flexibility index (Phi) is 7.78. The number of aliphatic hydroxyl groups excluding tert-OH is 4. The molecule has 162 valence electrons. The largest absolute Gasteiger partial charge is 0.488 e. The summed E-state index contributed by atoms with van der Waals surface area (Å²) < 4.78 is 11.2. The first-order valence-corrected chi connectivity index (χ1v) is 9.69. The van der Waals surface area contributed by atoms with Crippen molar-refractivity contribution in [2.24, 2.45) is 5.16 Å². The van der Waals surface area contributed by atoms with Crippen molar-refractivity contribution >= 4 is 6.21 Å². The molecular formula is C22H27NO7. The van der Waals surface area contributed by atoms with Crippen molar-refractivity contribution in [1.82, 2.24) is 0 Å². The molecule has 30 heavy (non-hydrogen) atoms. The molecule has 0 amide bonds. The molecule has 3 rings (SSSR count). The molecule has 0 spiro atoms. The standard InChI is InChI=1S/C22H27NO7/c1-28-23-9-10-29-17-7-5-14(6-8-17)11-15-3-2-4-16(12-15)22-21(27)20(26)19(25)18(13-24)30-22/h2-9,12,18-22,24-27H,10-11,13H2,1H3/t18-,19-,20+,21-,22+/m1/s1. The molecule has 4 N–H and O–H groups in total. The predicted octanol–water partition coefficient (Wildman–Crippen LogP) is 0.803. The molecule has 0 aliphatic carbocycles. The van der Waals surface area contributed by atoms with Gasteiger partial charge in [0.2, 0.25) is 0 Å². The number of benzene rings is 2. The lowest BCUT2D eigenvalue weighted by Crippen LogP contribution is -2.55. The number of hydrogen-bond acceptors (Lipinski definition) is 8. The molecule has 2 aromatic carbocycles. The van der Waals surface area contributed by atoms with Crippen LogP contribution >= 0.6 is 0 Å². The van der Waals surface area contributed by atoms with E-state index in [4.69, 9.17) is 9.47 Å². The minimum Gasteiger partial charge on any atom is -0.488 e. The van der Waals surface area contributed by atoms with Crippen LogP contribution in [0, 0.1) is 0 Å². The van der Waals surface area contributed by atoms with Crippen molar-refractivity contribution in [3.63, 3.8) is 0 Å². The Morgan fingerprint density at radius 3 is 2.47 bits per heavy atom. The molecule has 0 radical (unpaired) electrons. The van der Waals surface area contributed by atoms with Crippen molar-refractivity contribution in [3.05, 3.63) is 65.2 Å². The van der Waals surface area contributed by atoms with Gasteiger partial charge in [0.25, 0.3) is 0 Å². The number of nitrogens with zero attached hydrogens (tertiary/aromatic N) is 1. The molecule has 1 fully saturated rings. The molecular weight excluding hydrogens is 390 g/mol. The van der Waals surface area contributed by atoms with Crippen LogP contribution in [-0.2, 0) is 16.0 Å². The van der Waals surface area contributed by atoms with Gasteiger partial charge in [-0.2, -0.15) is 0 Å². The highest BCUT2D eigenvalue weighted by atomic mass is 16.6. The Morgan fingerprint density at radius 1 is 1.00 bits per heavy atom. The average Bonchev–Trinajstić information content (AvgIpc) is 2.77. The highest BCUT2D eigenvalue weighted by Gasteiger charge is 2.43. The normalized spacial score (nSPS) is 26.6. The zero-order valence-electron chi connectivity index (χ0n) is 16.7. The smallest absolute Gasteiger partial charge is 0.127 e. The molecule has 1 aliphatic heterocycles. The summed E-state index contributed by atoms with van der Waals surface area (Å²) in [6, 6.07) is 15.1. The molecule has 0 aromatic heterocycles. The van der Waals surface area contributed by atoms with Gasteiger partial charge < -0.3 is 34.7 Å². The molecule has 5 atom stereocenters. The van der Waals surface area contributed by atoms with Crippen molar-refractivity contribution in [2.45, 2.75) is 36.9 Å². The zero-order chi connectivity index (χ0) is 21.5. The van der Waals surface area contributed by atoms with Crippen LogP contribution in [0.25, 0.3) is 0 Å². The van der Waals surface area contributed by atoms with Crippen LogP contribution in [0.15, 0.2) is 53.7 Å². The summed E-state index contributed by atoms with van der Waals surface area (Å²) in [6.45, 7) is -0.138. The summed E-state index contributed by atoms with van der Waals surface area (Å²) in [6.07, 6.45) is -3.66. The molecule has 0 bridgehead atoms. The average molecular weight is 417 g/mol. The zero-order valence-corrected chi connectivity index (χ0v) is 16.7. The topological polar surface area (TPSA) is 121 Å². The summed E-state index contributed by atoms with van der Waals surface area (Å²) in [4.78, 5) is 4.57. The van der Waals surface area contributed by atoms with E-state index in [-0.39, 0.29) is 0 Å². The van der Waals surface area contributed by atoms with Crippen LogP contribution in [0.3, 0.4) is 0 Å². The van der Waals surface area contributed by atoms with E-state index >= 15 is 0 Å². The number of hydrogen-bond donors (Lipinski definition) is 4. The molecule has 1 heterocycles. The van der Waals surface area contributed by atoms with Gasteiger partial charge in [-0.15, -0.1) is 0 Å². The van der Waals surface area contributed by atoms with Gasteiger partial charge >= 0.3 is 0 Å². The molecule has 1 aliphatic rings. The Morgan fingerprint density at radius 2 is 1.77 bits per heavy atom. The van der Waals surface area contributed by atoms with Crippen LogP contribution in [0.2, 0.25) is 0 Å². The quantitative estimate of drug-likeness (QED) is 0.370. The van der Waals surface area contributed by atoms with Crippen molar-refractivity contribution in [3.8, 4) is 5.75 Å². The summed E-state index contributed by atoms with van der Waals surface area (Å²) >= 11 is 0. The van der Waals surface area contributed by atoms with Crippen LogP contribution in [-0.4, -0.2) is 71.4 Å². The summed E-state index contributed by atoms with van der Waals surface area (Å²) in [5.74, 6) is 0.719. The number of aliphatic hydroxyl groups is 4. The van der Waals surface area contributed by atoms with E-state index in [0.717, 1.165) is 16.9 Å². The minimum atomic E-state index is -1.40. The fourth-order valence-corrected chi connectivity index (χ4v) is 3.43. The van der Waals surface area contributed by atoms with Gasteiger partial charge in [-0.25, -0.2) is 0 Å². The maximum atomic E-state index is 10.3. The Balaban J connectivity index is 1.67. The number of oxime groups is 1. The predicted molar refractivity (Wildman–Crippen MR) is 109 cm³/mol. The Bertz CT molecular complexity index is 824. The third-order valence-electron chi connectivity index (χ3n) is 5.01. The Labute approximate surface area is 174 Å². The van der Waals surface area contributed by atoms with E-state index < -0.39 is 37.1 Å². The third-order valence-corrected chi connectivity index (χ3v) is 5.01. The van der Waals surface area contributed by atoms with E-state index in [0.29, 0.717) is 18.6 Å². The van der Waals surface area contributed by atoms with Gasteiger partial charge in [0, 0.05) is 0 Å². The number of ether oxygens (including phenoxy) is 2. The van der Waals surface area contributed by atoms with Gasteiger partial charge in [-0.05, 0) is 35.2 Å². The fraction of sp³-hybridized carbons (Fsp3) is 0.409. The minimum absolute atomic E-state index is 0.314. The van der Waals surface area contributed by atoms with Crippen LogP contribution < -0.4 is 4.74 Å². The maximum Gasteiger partial charge on any atom is 0.127 e. The van der Waals surface area contributed by atoms with Crippen LogP contribution in [0.5, 0.6) is 5.75 Å². The van der Waals surface area contributed by atoms with E-state index in [9.17, 15) is 20.4 Å². The van der Waals surface area contributed by atoms with Gasteiger partial charge in [-0.1, -0.05) is 41.6 Å². The fourth-order valence-electron chi connectivity index (χ4n) is 3.43. The lowest BCUT2D eigenvalue weighted by molar-refractivity contribution is -0.231. The van der Waals surface area contributed by atoms with E-state index in [2.05, 4.69) is 9.99 Å². The van der Waals surface area contributed by atoms with Gasteiger partial charge in [-0.3, -0.25) is 0 Å². The third kappa shape index (κ3) is 5.35. The molecule has 1 saturated heterocycles. The highest BCUT2D eigenvalue weighted by molar-refractivity contribution is 5.58. The first-order chi connectivity index (χ1) is 14.5. The lowest BCUT2D eigenvalue weighted by atomic mass is 9.90. The second kappa shape index (κ2) is 10.5. The van der Waals surface area contributed by atoms with Crippen molar-refractivity contribution in [2.75, 3.05) is 20.3 Å². The van der Waals surface area contributed by atoms with Gasteiger partial charge in [0.15, 0.2) is 0 Å². The number of rotatable bonds is 8. The molecule has 2 aromatic rings. The second-order valence-electron chi connectivity index (χ2n) is 7.10. The monoisotopic (exact) mass is 417 g/mol. The first-order valence-electron chi connectivity index (χ1n) is 9.69. The first kappa shape index (κ1) is 22.2. The van der Waals surface area contributed by atoms with E-state index in [1.165, 1.54) is 13.3 Å². The van der Waals surface area contributed by atoms with Crippen LogP contribution in [0.1, 0.15) is 22.8 Å². The molecule has 8 heteroatoms. The SMILES string of the molecule is CON=CCOc1ccc(Cc2cccc([C@@H]3O[C@H](CO)[C@@H](O)[C@H](O)[C@H]3O)c2)cc1. The van der Waals surface area contributed by atoms with Crippen LogP contribution in [0.4, 0.5) is 0 Å². The second-order valence-corrected chi connectivity index (χ2v) is 7.10. The molecule has 8 nitrogen and oxygen atoms in total. The summed E-state index contributed by atoms with van der Waals surface area (Å²) in [5.41, 5.74) is 2.73. The molecule has 0 saturated carbocycles. The molecule has 0 unspecified atom stereocenters. The van der Waals surface area contributed by atoms with E-state index in [1.807, 2.05) is 42.5 Å². The van der Waals surface area contributed by atoms with Gasteiger partial charge in [0.05, 0.1) is 12.8 Å². The van der Waals surface area contributed by atoms with Crippen molar-refractivity contribution in [1.29, 1.82) is 0 Å². The van der Waals surface area contributed by atoms with E-state index in [1.54, 1.807) is 6.07 Å². The maximum absolute atomic E-state index is 10.3. The lowest BCUT2D eigenvalue weighted by Gasteiger charge is -2.40. The van der Waals surface area contributed by atoms with Crippen molar-refractivity contribution < 1.29 is 34.7 Å². The summed E-state index contributed by atoms with van der Waals surface area (Å²) in [5, 5.41) is 43.3.